The number of hydrogen-bond donors (Lipinski definition) is 2. The minimum Gasteiger partial charge on any atom is -0.360 e. The van der Waals surface area contributed by atoms with Gasteiger partial charge in [-0.05, 0) is 62.2 Å². The molecule has 0 saturated heterocycles. The van der Waals surface area contributed by atoms with Crippen LogP contribution in [0.25, 0.3) is 0 Å². The van der Waals surface area contributed by atoms with Crippen LogP contribution in [0.3, 0.4) is 0 Å². The summed E-state index contributed by atoms with van der Waals surface area (Å²) in [5.41, 5.74) is 3.60. The van der Waals surface area contributed by atoms with E-state index in [0.29, 0.717) is 6.04 Å². The highest BCUT2D eigenvalue weighted by Crippen LogP contribution is 2.18. The molecule has 1 aliphatic carbocycles. The molecule has 0 radical (unpaired) electrons. The van der Waals surface area contributed by atoms with Gasteiger partial charge in [0, 0.05) is 11.7 Å². The fraction of sp³-hybridized carbons (Fsp3) is 0.500. The van der Waals surface area contributed by atoms with Gasteiger partial charge in [0.15, 0.2) is 5.11 Å². The van der Waals surface area contributed by atoms with Crippen LogP contribution in [0.15, 0.2) is 18.2 Å². The van der Waals surface area contributed by atoms with E-state index in [2.05, 4.69) is 42.7 Å². The van der Waals surface area contributed by atoms with Crippen molar-refractivity contribution in [3.05, 3.63) is 29.3 Å². The van der Waals surface area contributed by atoms with Gasteiger partial charge < -0.3 is 10.6 Å². The zero-order valence-corrected chi connectivity index (χ0v) is 11.4. The van der Waals surface area contributed by atoms with Gasteiger partial charge >= 0.3 is 0 Å². The summed E-state index contributed by atoms with van der Waals surface area (Å²) < 4.78 is 0. The van der Waals surface area contributed by atoms with Crippen LogP contribution < -0.4 is 10.6 Å². The van der Waals surface area contributed by atoms with Crippen molar-refractivity contribution in [1.82, 2.24) is 5.32 Å². The average Bonchev–Trinajstić information content (AvgIpc) is 2.67. The van der Waals surface area contributed by atoms with Crippen LogP contribution in [0.2, 0.25) is 0 Å². The first-order valence-corrected chi connectivity index (χ1v) is 6.70. The minimum atomic E-state index is 0.570. The van der Waals surface area contributed by atoms with Crippen LogP contribution in [-0.2, 0) is 0 Å². The van der Waals surface area contributed by atoms with E-state index in [9.17, 15) is 0 Å². The molecule has 2 rings (SSSR count). The lowest BCUT2D eigenvalue weighted by molar-refractivity contribution is 0.634. The molecule has 92 valence electrons. The Morgan fingerprint density at radius 2 is 1.71 bits per heavy atom. The number of aryl methyl sites for hydroxylation is 2. The van der Waals surface area contributed by atoms with Crippen molar-refractivity contribution in [3.8, 4) is 0 Å². The number of nitrogens with one attached hydrogen (secondary N) is 2. The predicted octanol–water partition coefficient (Wildman–Crippen LogP) is 3.53. The van der Waals surface area contributed by atoms with Gasteiger partial charge in [0.05, 0.1) is 0 Å². The van der Waals surface area contributed by atoms with Gasteiger partial charge in [-0.15, -0.1) is 0 Å². The monoisotopic (exact) mass is 248 g/mol. The molecule has 1 aromatic rings. The lowest BCUT2D eigenvalue weighted by atomic mass is 10.1. The summed E-state index contributed by atoms with van der Waals surface area (Å²) in [4.78, 5) is 0. The standard InChI is InChI=1S/C14H20N2S/c1-10-7-11(2)9-13(8-10)16-14(17)15-12-5-3-4-6-12/h7-9,12H,3-6H2,1-2H3,(H2,15,16,17). The highest BCUT2D eigenvalue weighted by atomic mass is 32.1. The summed E-state index contributed by atoms with van der Waals surface area (Å²) in [5, 5.41) is 7.41. The number of rotatable bonds is 2. The second-order valence-electron chi connectivity index (χ2n) is 4.96. The molecule has 3 heteroatoms. The molecule has 0 amide bonds. The van der Waals surface area contributed by atoms with Gasteiger partial charge in [0.25, 0.3) is 0 Å². The van der Waals surface area contributed by atoms with Crippen molar-refractivity contribution in [2.45, 2.75) is 45.6 Å². The zero-order chi connectivity index (χ0) is 12.3. The van der Waals surface area contributed by atoms with Crippen molar-refractivity contribution >= 4 is 23.0 Å². The highest BCUT2D eigenvalue weighted by molar-refractivity contribution is 7.80. The first kappa shape index (κ1) is 12.4. The molecule has 1 aromatic carbocycles. The van der Waals surface area contributed by atoms with Crippen LogP contribution in [0.4, 0.5) is 5.69 Å². The molecule has 2 N–H and O–H groups in total. The van der Waals surface area contributed by atoms with E-state index in [1.54, 1.807) is 0 Å². The molecular weight excluding hydrogens is 228 g/mol. The van der Waals surface area contributed by atoms with E-state index in [4.69, 9.17) is 12.2 Å². The molecule has 0 unspecified atom stereocenters. The maximum absolute atomic E-state index is 5.34. The maximum atomic E-state index is 5.34. The van der Waals surface area contributed by atoms with Crippen molar-refractivity contribution in [2.24, 2.45) is 0 Å². The molecular formula is C14H20N2S. The van der Waals surface area contributed by atoms with Gasteiger partial charge in [-0.3, -0.25) is 0 Å². The molecule has 1 fully saturated rings. The normalized spacial score (nSPS) is 15.9. The molecule has 0 bridgehead atoms. The molecule has 0 aliphatic heterocycles. The Kier molecular flexibility index (Phi) is 4.00. The van der Waals surface area contributed by atoms with Crippen LogP contribution in [0.5, 0.6) is 0 Å². The van der Waals surface area contributed by atoms with Crippen LogP contribution in [0.1, 0.15) is 36.8 Å². The quantitative estimate of drug-likeness (QED) is 0.783. The second kappa shape index (κ2) is 5.50. The number of hydrogen-bond acceptors (Lipinski definition) is 1. The van der Waals surface area contributed by atoms with Gasteiger partial charge in [0.2, 0.25) is 0 Å². The molecule has 0 aromatic heterocycles. The topological polar surface area (TPSA) is 24.1 Å². The third-order valence-corrected chi connectivity index (χ3v) is 3.39. The van der Waals surface area contributed by atoms with Crippen LogP contribution in [-0.4, -0.2) is 11.2 Å². The minimum absolute atomic E-state index is 0.570. The van der Waals surface area contributed by atoms with Gasteiger partial charge in [-0.2, -0.15) is 0 Å². The summed E-state index contributed by atoms with van der Waals surface area (Å²) in [6.45, 7) is 4.21. The largest absolute Gasteiger partial charge is 0.360 e. The first-order valence-electron chi connectivity index (χ1n) is 6.29. The third kappa shape index (κ3) is 3.70. The molecule has 17 heavy (non-hydrogen) atoms. The van der Waals surface area contributed by atoms with Crippen molar-refractivity contribution in [2.75, 3.05) is 5.32 Å². The highest BCUT2D eigenvalue weighted by Gasteiger charge is 2.15. The fourth-order valence-electron chi connectivity index (χ4n) is 2.47. The Balaban J connectivity index is 1.92. The van der Waals surface area contributed by atoms with Gasteiger partial charge in [-0.1, -0.05) is 18.9 Å². The van der Waals surface area contributed by atoms with Crippen LogP contribution >= 0.6 is 12.2 Å². The number of anilines is 1. The Morgan fingerprint density at radius 3 is 2.29 bits per heavy atom. The van der Waals surface area contributed by atoms with Crippen molar-refractivity contribution in [3.63, 3.8) is 0 Å². The smallest absolute Gasteiger partial charge is 0.170 e. The van der Waals surface area contributed by atoms with E-state index in [-0.39, 0.29) is 0 Å². The molecule has 1 saturated carbocycles. The zero-order valence-electron chi connectivity index (χ0n) is 10.5. The van der Waals surface area contributed by atoms with E-state index in [0.717, 1.165) is 10.8 Å². The molecule has 0 spiro atoms. The Labute approximate surface area is 109 Å². The molecule has 0 atom stereocenters. The van der Waals surface area contributed by atoms with E-state index < -0.39 is 0 Å². The summed E-state index contributed by atoms with van der Waals surface area (Å²) in [7, 11) is 0. The van der Waals surface area contributed by atoms with Gasteiger partial charge in [0.1, 0.15) is 0 Å². The van der Waals surface area contributed by atoms with E-state index >= 15 is 0 Å². The van der Waals surface area contributed by atoms with E-state index in [1.807, 2.05) is 0 Å². The second-order valence-corrected chi connectivity index (χ2v) is 5.36. The SMILES string of the molecule is Cc1cc(C)cc(NC(=S)NC2CCCC2)c1. The molecule has 1 aliphatic rings. The third-order valence-electron chi connectivity index (χ3n) is 3.17. The maximum Gasteiger partial charge on any atom is 0.170 e. The Bertz CT molecular complexity index is 388. The molecule has 0 heterocycles. The predicted molar refractivity (Wildman–Crippen MR) is 77.5 cm³/mol. The summed E-state index contributed by atoms with van der Waals surface area (Å²) in [6, 6.07) is 6.98. The van der Waals surface area contributed by atoms with Gasteiger partial charge in [-0.25, -0.2) is 0 Å². The van der Waals surface area contributed by atoms with Crippen molar-refractivity contribution in [1.29, 1.82) is 0 Å². The lowest BCUT2D eigenvalue weighted by Crippen LogP contribution is -2.35. The summed E-state index contributed by atoms with van der Waals surface area (Å²) in [5.74, 6) is 0. The van der Waals surface area contributed by atoms with E-state index in [1.165, 1.54) is 36.8 Å². The van der Waals surface area contributed by atoms with Crippen molar-refractivity contribution < 1.29 is 0 Å². The summed E-state index contributed by atoms with van der Waals surface area (Å²) >= 11 is 5.34. The fourth-order valence-corrected chi connectivity index (χ4v) is 2.75. The summed E-state index contributed by atoms with van der Waals surface area (Å²) in [6.07, 6.45) is 5.14. The average molecular weight is 248 g/mol. The molecule has 2 nitrogen and oxygen atoms in total. The Morgan fingerprint density at radius 1 is 1.12 bits per heavy atom. The Hall–Kier alpha value is -1.09. The number of thiocarbonyl (C=S) groups is 1. The van der Waals surface area contributed by atoms with Crippen LogP contribution in [0, 0.1) is 13.8 Å². The lowest BCUT2D eigenvalue weighted by Gasteiger charge is -2.16. The first-order chi connectivity index (χ1) is 8.13. The number of benzene rings is 1.